The summed E-state index contributed by atoms with van der Waals surface area (Å²) < 4.78 is 5.37. The van der Waals surface area contributed by atoms with Crippen LogP contribution in [-0.4, -0.2) is 46.9 Å². The maximum atomic E-state index is 14.3. The summed E-state index contributed by atoms with van der Waals surface area (Å²) in [5.74, 6) is -1.74. The highest BCUT2D eigenvalue weighted by atomic mass is 16.6. The second kappa shape index (κ2) is 15.4. The van der Waals surface area contributed by atoms with Gasteiger partial charge in [0, 0.05) is 12.2 Å². The number of ether oxygens (including phenoxy) is 1. The predicted octanol–water partition coefficient (Wildman–Crippen LogP) is 5.78. The SMILES string of the molecule is CCCCCCN(C(=O)C(CC(N)=O)NC(=O)OC(C)(C)C)C(C(=O)Nc1c(C)cccc1C)c1cccc(C)c1C. The first-order valence-corrected chi connectivity index (χ1v) is 14.7. The number of nitrogens with one attached hydrogen (secondary N) is 2. The van der Waals surface area contributed by atoms with Gasteiger partial charge in [-0.25, -0.2) is 4.79 Å². The summed E-state index contributed by atoms with van der Waals surface area (Å²) in [5, 5.41) is 5.62. The van der Waals surface area contributed by atoms with Crippen LogP contribution in [0.25, 0.3) is 0 Å². The third-order valence-corrected chi connectivity index (χ3v) is 7.16. The van der Waals surface area contributed by atoms with Crippen LogP contribution in [0.15, 0.2) is 36.4 Å². The predicted molar refractivity (Wildman–Crippen MR) is 166 cm³/mol. The fourth-order valence-electron chi connectivity index (χ4n) is 4.85. The number of para-hydroxylation sites is 1. The minimum Gasteiger partial charge on any atom is -0.444 e. The van der Waals surface area contributed by atoms with Crippen LogP contribution in [0.4, 0.5) is 10.5 Å². The van der Waals surface area contributed by atoms with Crippen LogP contribution in [-0.2, 0) is 19.1 Å². The van der Waals surface area contributed by atoms with Gasteiger partial charge in [-0.2, -0.15) is 0 Å². The van der Waals surface area contributed by atoms with E-state index in [2.05, 4.69) is 17.6 Å². The lowest BCUT2D eigenvalue weighted by Gasteiger charge is -2.35. The van der Waals surface area contributed by atoms with Crippen molar-refractivity contribution in [3.63, 3.8) is 0 Å². The number of amides is 4. The molecule has 9 nitrogen and oxygen atoms in total. The van der Waals surface area contributed by atoms with E-state index in [9.17, 15) is 19.2 Å². The zero-order valence-corrected chi connectivity index (χ0v) is 26.4. The molecule has 0 saturated carbocycles. The molecular formula is C33H48N4O5. The zero-order valence-electron chi connectivity index (χ0n) is 26.4. The molecule has 2 aromatic rings. The number of aryl methyl sites for hydroxylation is 3. The minimum atomic E-state index is -1.32. The van der Waals surface area contributed by atoms with Crippen molar-refractivity contribution in [2.45, 2.75) is 105 Å². The topological polar surface area (TPSA) is 131 Å². The van der Waals surface area contributed by atoms with E-state index in [1.54, 1.807) is 20.8 Å². The molecule has 0 radical (unpaired) electrons. The molecule has 2 atom stereocenters. The maximum Gasteiger partial charge on any atom is 0.408 e. The first-order chi connectivity index (χ1) is 19.7. The van der Waals surface area contributed by atoms with Crippen LogP contribution in [0.5, 0.6) is 0 Å². The van der Waals surface area contributed by atoms with Crippen LogP contribution < -0.4 is 16.4 Å². The Balaban J connectivity index is 2.65. The van der Waals surface area contributed by atoms with Crippen molar-refractivity contribution < 1.29 is 23.9 Å². The smallest absolute Gasteiger partial charge is 0.408 e. The Morgan fingerprint density at radius 3 is 2.07 bits per heavy atom. The van der Waals surface area contributed by atoms with Crippen molar-refractivity contribution in [1.82, 2.24) is 10.2 Å². The summed E-state index contributed by atoms with van der Waals surface area (Å²) in [7, 11) is 0. The molecule has 2 unspecified atom stereocenters. The number of nitrogens with zero attached hydrogens (tertiary/aromatic N) is 1. The van der Waals surface area contributed by atoms with Crippen LogP contribution in [0.2, 0.25) is 0 Å². The Morgan fingerprint density at radius 2 is 1.50 bits per heavy atom. The summed E-state index contributed by atoms with van der Waals surface area (Å²) >= 11 is 0. The van der Waals surface area contributed by atoms with Gasteiger partial charge in [-0.3, -0.25) is 14.4 Å². The van der Waals surface area contributed by atoms with Crippen molar-refractivity contribution in [3.05, 3.63) is 64.2 Å². The number of hydrogen-bond acceptors (Lipinski definition) is 5. The quantitative estimate of drug-likeness (QED) is 0.259. The fourth-order valence-corrected chi connectivity index (χ4v) is 4.85. The minimum absolute atomic E-state index is 0.238. The van der Waals surface area contributed by atoms with Gasteiger partial charge in [0.05, 0.1) is 6.42 Å². The number of alkyl carbamates (subject to hydrolysis) is 1. The third-order valence-electron chi connectivity index (χ3n) is 7.16. The zero-order chi connectivity index (χ0) is 31.6. The number of unbranched alkanes of at least 4 members (excludes halogenated alkanes) is 3. The van der Waals surface area contributed by atoms with Gasteiger partial charge in [0.25, 0.3) is 5.91 Å². The summed E-state index contributed by atoms with van der Waals surface area (Å²) in [6, 6.07) is 9.05. The average Bonchev–Trinajstić information content (AvgIpc) is 2.88. The lowest BCUT2D eigenvalue weighted by Crippen LogP contribution is -2.53. The molecule has 2 rings (SSSR count). The summed E-state index contributed by atoms with van der Waals surface area (Å²) in [6.07, 6.45) is 2.14. The molecule has 0 aliphatic carbocycles. The van der Waals surface area contributed by atoms with Crippen molar-refractivity contribution >= 4 is 29.5 Å². The van der Waals surface area contributed by atoms with Gasteiger partial charge < -0.3 is 26.0 Å². The van der Waals surface area contributed by atoms with E-state index in [0.717, 1.165) is 41.5 Å². The van der Waals surface area contributed by atoms with Gasteiger partial charge in [0.15, 0.2) is 0 Å². The molecule has 0 heterocycles. The average molecular weight is 581 g/mol. The molecule has 0 saturated heterocycles. The van der Waals surface area contributed by atoms with Crippen molar-refractivity contribution in [1.29, 1.82) is 0 Å². The molecule has 4 N–H and O–H groups in total. The molecule has 0 spiro atoms. The highest BCUT2D eigenvalue weighted by Gasteiger charge is 2.37. The number of anilines is 1. The van der Waals surface area contributed by atoms with E-state index in [-0.39, 0.29) is 12.5 Å². The Kier molecular flexibility index (Phi) is 12.6. The van der Waals surface area contributed by atoms with E-state index in [0.29, 0.717) is 17.7 Å². The molecule has 0 bridgehead atoms. The number of carbonyl (C=O) groups is 4. The molecule has 2 aromatic carbocycles. The Bertz CT molecular complexity index is 1250. The number of carbonyl (C=O) groups excluding carboxylic acids is 4. The number of benzene rings is 2. The van der Waals surface area contributed by atoms with Crippen molar-refractivity contribution in [2.24, 2.45) is 5.73 Å². The first kappa shape index (κ1) is 34.3. The third kappa shape index (κ3) is 9.89. The maximum absolute atomic E-state index is 14.3. The van der Waals surface area contributed by atoms with E-state index in [1.807, 2.05) is 64.1 Å². The van der Waals surface area contributed by atoms with Crippen molar-refractivity contribution in [3.8, 4) is 0 Å². The standard InChI is InChI=1S/C33H48N4O5/c1-9-10-11-12-19-37(31(40)26(20-27(34)38)35-32(41)42-33(6,7)8)29(25-18-14-15-21(2)24(25)5)30(39)36-28-22(3)16-13-17-23(28)4/h13-18,26,29H,9-12,19-20H2,1-8H3,(H2,34,38)(H,35,41)(H,36,39). The second-order valence-electron chi connectivity index (χ2n) is 11.9. The number of rotatable bonds is 13. The first-order valence-electron chi connectivity index (χ1n) is 14.7. The van der Waals surface area contributed by atoms with Gasteiger partial charge in [0.2, 0.25) is 11.8 Å². The molecule has 230 valence electrons. The van der Waals surface area contributed by atoms with Crippen LogP contribution in [0.1, 0.15) is 93.7 Å². The molecule has 0 fully saturated rings. The number of hydrogen-bond donors (Lipinski definition) is 3. The van der Waals surface area contributed by atoms with E-state index >= 15 is 0 Å². The van der Waals surface area contributed by atoms with Crippen LogP contribution in [0, 0.1) is 27.7 Å². The largest absolute Gasteiger partial charge is 0.444 e. The molecule has 9 heteroatoms. The fraction of sp³-hybridized carbons (Fsp3) is 0.515. The number of nitrogens with two attached hydrogens (primary N) is 1. The van der Waals surface area contributed by atoms with Gasteiger partial charge >= 0.3 is 6.09 Å². The Morgan fingerprint density at radius 1 is 0.905 bits per heavy atom. The van der Waals surface area contributed by atoms with Crippen LogP contribution >= 0.6 is 0 Å². The highest BCUT2D eigenvalue weighted by Crippen LogP contribution is 2.30. The summed E-state index contributed by atoms with van der Waals surface area (Å²) in [5.41, 5.74) is 9.66. The summed E-state index contributed by atoms with van der Waals surface area (Å²) in [6.45, 7) is 15.1. The van der Waals surface area contributed by atoms with E-state index in [4.69, 9.17) is 10.5 Å². The Labute approximate surface area is 250 Å². The monoisotopic (exact) mass is 580 g/mol. The lowest BCUT2D eigenvalue weighted by atomic mass is 9.94. The Hall–Kier alpha value is -3.88. The van der Waals surface area contributed by atoms with Gasteiger partial charge in [0.1, 0.15) is 17.7 Å². The molecule has 0 aliphatic heterocycles. The van der Waals surface area contributed by atoms with Crippen LogP contribution in [0.3, 0.4) is 0 Å². The van der Waals surface area contributed by atoms with E-state index < -0.39 is 42.0 Å². The lowest BCUT2D eigenvalue weighted by molar-refractivity contribution is -0.142. The highest BCUT2D eigenvalue weighted by molar-refractivity contribution is 6.00. The molecular weight excluding hydrogens is 532 g/mol. The summed E-state index contributed by atoms with van der Waals surface area (Å²) in [4.78, 5) is 54.9. The molecule has 0 aromatic heterocycles. The van der Waals surface area contributed by atoms with E-state index in [1.165, 1.54) is 4.90 Å². The second-order valence-corrected chi connectivity index (χ2v) is 11.9. The van der Waals surface area contributed by atoms with Gasteiger partial charge in [-0.05, 0) is 82.7 Å². The van der Waals surface area contributed by atoms with Crippen molar-refractivity contribution in [2.75, 3.05) is 11.9 Å². The molecule has 0 aliphatic rings. The molecule has 4 amide bonds. The van der Waals surface area contributed by atoms with Gasteiger partial charge in [-0.15, -0.1) is 0 Å². The normalized spacial score (nSPS) is 12.7. The van der Waals surface area contributed by atoms with Gasteiger partial charge in [-0.1, -0.05) is 62.6 Å². The molecule has 42 heavy (non-hydrogen) atoms. The number of primary amides is 1.